The van der Waals surface area contributed by atoms with Gasteiger partial charge in [-0.05, 0) is 57.4 Å². The minimum Gasteiger partial charge on any atom is -0.453 e. The first kappa shape index (κ1) is 21.9. The number of aromatic nitrogens is 1. The van der Waals surface area contributed by atoms with E-state index in [1.807, 2.05) is 43.3 Å². The van der Waals surface area contributed by atoms with Gasteiger partial charge >= 0.3 is 5.97 Å². The molecule has 0 fully saturated rings. The van der Waals surface area contributed by atoms with Gasteiger partial charge in [0.15, 0.2) is 6.10 Å². The van der Waals surface area contributed by atoms with Gasteiger partial charge in [0.1, 0.15) is 11.6 Å². The summed E-state index contributed by atoms with van der Waals surface area (Å²) in [6.07, 6.45) is -0.581. The summed E-state index contributed by atoms with van der Waals surface area (Å²) in [6, 6.07) is 11.1. The van der Waals surface area contributed by atoms with Crippen LogP contribution in [0, 0.1) is 25.2 Å². The van der Waals surface area contributed by atoms with Gasteiger partial charge < -0.3 is 14.6 Å². The average Bonchev–Trinajstić information content (AvgIpc) is 2.69. The highest BCUT2D eigenvalue weighted by Gasteiger charge is 2.24. The molecule has 1 amide bonds. The highest BCUT2D eigenvalue weighted by Crippen LogP contribution is 2.17. The SMILES string of the molecule is CCN(C(=O)[C@@H](C)OC(=O)CCc1c(C)[nH]c(=O)c(C#N)c1C)c1ccccc1. The van der Waals surface area contributed by atoms with Crippen LogP contribution in [0.5, 0.6) is 0 Å². The molecule has 0 radical (unpaired) electrons. The summed E-state index contributed by atoms with van der Waals surface area (Å²) in [5, 5.41) is 9.14. The number of likely N-dealkylation sites (N-methyl/N-ethyl adjacent to an activating group) is 1. The summed E-state index contributed by atoms with van der Waals surface area (Å²) in [6.45, 7) is 7.27. The van der Waals surface area contributed by atoms with Crippen LogP contribution in [0.2, 0.25) is 0 Å². The van der Waals surface area contributed by atoms with E-state index in [1.54, 1.807) is 25.7 Å². The first-order chi connectivity index (χ1) is 13.8. The van der Waals surface area contributed by atoms with Crippen molar-refractivity contribution in [2.45, 2.75) is 46.6 Å². The third kappa shape index (κ3) is 5.11. The second-order valence-electron chi connectivity index (χ2n) is 6.72. The molecular weight excluding hydrogens is 370 g/mol. The van der Waals surface area contributed by atoms with Crippen molar-refractivity contribution in [2.75, 3.05) is 11.4 Å². The fraction of sp³-hybridized carbons (Fsp3) is 0.364. The monoisotopic (exact) mass is 395 g/mol. The molecule has 1 aromatic heterocycles. The lowest BCUT2D eigenvalue weighted by Gasteiger charge is -2.24. The molecular formula is C22H25N3O4. The fourth-order valence-electron chi connectivity index (χ4n) is 3.25. The second kappa shape index (κ2) is 9.69. The van der Waals surface area contributed by atoms with E-state index in [2.05, 4.69) is 4.98 Å². The Balaban J connectivity index is 2.03. The summed E-state index contributed by atoms with van der Waals surface area (Å²) in [5.41, 5.74) is 2.26. The maximum atomic E-state index is 12.7. The lowest BCUT2D eigenvalue weighted by Crippen LogP contribution is -2.40. The van der Waals surface area contributed by atoms with Gasteiger partial charge in [-0.2, -0.15) is 5.26 Å². The van der Waals surface area contributed by atoms with Crippen molar-refractivity contribution in [2.24, 2.45) is 0 Å². The van der Waals surface area contributed by atoms with Crippen LogP contribution in [0.1, 0.15) is 42.7 Å². The smallest absolute Gasteiger partial charge is 0.306 e. The lowest BCUT2D eigenvalue weighted by atomic mass is 9.99. The molecule has 0 aliphatic heterocycles. The molecule has 0 aliphatic rings. The number of rotatable bonds is 7. The number of esters is 1. The Kier molecular flexibility index (Phi) is 7.32. The van der Waals surface area contributed by atoms with Crippen LogP contribution in [0.4, 0.5) is 5.69 Å². The highest BCUT2D eigenvalue weighted by molar-refractivity contribution is 5.97. The number of hydrogen-bond donors (Lipinski definition) is 1. The first-order valence-electron chi connectivity index (χ1n) is 9.48. The predicted octanol–water partition coefficient (Wildman–Crippen LogP) is 2.78. The van der Waals surface area contributed by atoms with Gasteiger partial charge in [0.2, 0.25) is 0 Å². The molecule has 0 aliphatic carbocycles. The highest BCUT2D eigenvalue weighted by atomic mass is 16.5. The third-order valence-electron chi connectivity index (χ3n) is 4.81. The molecule has 0 saturated heterocycles. The summed E-state index contributed by atoms with van der Waals surface area (Å²) in [4.78, 5) is 41.0. The molecule has 0 bridgehead atoms. The number of benzene rings is 1. The van der Waals surface area contributed by atoms with Crippen LogP contribution in [-0.2, 0) is 20.7 Å². The molecule has 0 unspecified atom stereocenters. The summed E-state index contributed by atoms with van der Waals surface area (Å²) in [7, 11) is 0. The number of aromatic amines is 1. The molecule has 2 aromatic rings. The van der Waals surface area contributed by atoms with Crippen molar-refractivity contribution in [3.63, 3.8) is 0 Å². The summed E-state index contributed by atoms with van der Waals surface area (Å²) < 4.78 is 5.33. The zero-order chi connectivity index (χ0) is 21.6. The Bertz CT molecular complexity index is 990. The van der Waals surface area contributed by atoms with Gasteiger partial charge in [-0.3, -0.25) is 14.4 Å². The van der Waals surface area contributed by atoms with Gasteiger partial charge in [-0.1, -0.05) is 18.2 Å². The molecule has 0 saturated carbocycles. The number of anilines is 1. The lowest BCUT2D eigenvalue weighted by molar-refractivity contribution is -0.153. The second-order valence-corrected chi connectivity index (χ2v) is 6.72. The molecule has 2 rings (SSSR count). The largest absolute Gasteiger partial charge is 0.453 e. The van der Waals surface area contributed by atoms with Crippen molar-refractivity contribution in [1.82, 2.24) is 4.98 Å². The number of H-pyrrole nitrogens is 1. The Morgan fingerprint density at radius 1 is 1.24 bits per heavy atom. The Morgan fingerprint density at radius 2 is 1.90 bits per heavy atom. The standard InChI is InChI=1S/C22H25N3O4/c1-5-25(17-9-7-6-8-10-17)22(28)16(4)29-20(26)12-11-18-14(2)19(13-23)21(27)24-15(18)3/h6-10,16H,5,11-12H2,1-4H3,(H,24,27)/t16-/m1/s1. The molecule has 29 heavy (non-hydrogen) atoms. The van der Waals surface area contributed by atoms with Gasteiger partial charge in [0.05, 0.1) is 0 Å². The van der Waals surface area contributed by atoms with E-state index < -0.39 is 17.6 Å². The van der Waals surface area contributed by atoms with Crippen molar-refractivity contribution in [3.8, 4) is 6.07 Å². The Morgan fingerprint density at radius 3 is 2.48 bits per heavy atom. The molecule has 1 heterocycles. The van der Waals surface area contributed by atoms with Crippen molar-refractivity contribution in [1.29, 1.82) is 5.26 Å². The normalized spacial score (nSPS) is 11.4. The van der Waals surface area contributed by atoms with Crippen LogP contribution >= 0.6 is 0 Å². The number of carbonyl (C=O) groups excluding carboxylic acids is 2. The van der Waals surface area contributed by atoms with E-state index in [4.69, 9.17) is 10.00 Å². The van der Waals surface area contributed by atoms with Crippen molar-refractivity contribution < 1.29 is 14.3 Å². The molecule has 7 nitrogen and oxygen atoms in total. The number of ether oxygens (including phenoxy) is 1. The maximum absolute atomic E-state index is 12.7. The molecule has 0 spiro atoms. The molecule has 1 aromatic carbocycles. The van der Waals surface area contributed by atoms with Crippen LogP contribution in [0.15, 0.2) is 35.1 Å². The molecule has 1 atom stereocenters. The van der Waals surface area contributed by atoms with E-state index >= 15 is 0 Å². The zero-order valence-electron chi connectivity index (χ0n) is 17.1. The summed E-state index contributed by atoms with van der Waals surface area (Å²) in [5.74, 6) is -0.811. The quantitative estimate of drug-likeness (QED) is 0.726. The number of nitrogens with zero attached hydrogens (tertiary/aromatic N) is 2. The first-order valence-corrected chi connectivity index (χ1v) is 9.48. The molecule has 7 heteroatoms. The van der Waals surface area contributed by atoms with Crippen LogP contribution in [-0.4, -0.2) is 29.5 Å². The number of nitrogens with one attached hydrogen (secondary N) is 1. The Hall–Kier alpha value is -3.40. The number of amides is 1. The minimum absolute atomic E-state index is 0.0354. The minimum atomic E-state index is -0.921. The van der Waals surface area contributed by atoms with Crippen molar-refractivity contribution >= 4 is 17.6 Å². The Labute approximate surface area is 169 Å². The molecule has 152 valence electrons. The van der Waals surface area contributed by atoms with Crippen molar-refractivity contribution in [3.05, 3.63) is 63.1 Å². The van der Waals surface area contributed by atoms with E-state index in [-0.39, 0.29) is 17.9 Å². The van der Waals surface area contributed by atoms with Gasteiger partial charge in [-0.15, -0.1) is 0 Å². The van der Waals surface area contributed by atoms with Crippen LogP contribution < -0.4 is 10.5 Å². The van der Waals surface area contributed by atoms with Gasteiger partial charge in [0, 0.05) is 24.3 Å². The van der Waals surface area contributed by atoms with E-state index in [0.717, 1.165) is 11.3 Å². The fourth-order valence-corrected chi connectivity index (χ4v) is 3.25. The summed E-state index contributed by atoms with van der Waals surface area (Å²) >= 11 is 0. The maximum Gasteiger partial charge on any atom is 0.306 e. The van der Waals surface area contributed by atoms with Gasteiger partial charge in [-0.25, -0.2) is 0 Å². The zero-order valence-corrected chi connectivity index (χ0v) is 17.1. The predicted molar refractivity (Wildman–Crippen MR) is 110 cm³/mol. The van der Waals surface area contributed by atoms with E-state index in [0.29, 0.717) is 24.2 Å². The number of aryl methyl sites for hydroxylation is 1. The number of para-hydroxylation sites is 1. The number of hydrogen-bond acceptors (Lipinski definition) is 5. The third-order valence-corrected chi connectivity index (χ3v) is 4.81. The topological polar surface area (TPSA) is 103 Å². The van der Waals surface area contributed by atoms with E-state index in [9.17, 15) is 14.4 Å². The van der Waals surface area contributed by atoms with Crippen LogP contribution in [0.25, 0.3) is 0 Å². The number of carbonyl (C=O) groups is 2. The van der Waals surface area contributed by atoms with E-state index in [1.165, 1.54) is 0 Å². The van der Waals surface area contributed by atoms with Gasteiger partial charge in [0.25, 0.3) is 11.5 Å². The van der Waals surface area contributed by atoms with Crippen LogP contribution in [0.3, 0.4) is 0 Å². The number of pyridine rings is 1. The average molecular weight is 395 g/mol. The number of nitriles is 1. The molecule has 1 N–H and O–H groups in total.